The lowest BCUT2D eigenvalue weighted by molar-refractivity contribution is -0.113. The molecule has 2 heterocycles. The third-order valence-electron chi connectivity index (χ3n) is 4.60. The van der Waals surface area contributed by atoms with Crippen molar-refractivity contribution in [1.82, 2.24) is 15.2 Å². The first kappa shape index (κ1) is 19.6. The summed E-state index contributed by atoms with van der Waals surface area (Å²) >= 11 is 2.54. The van der Waals surface area contributed by atoms with E-state index in [0.29, 0.717) is 27.1 Å². The minimum Gasteiger partial charge on any atom is -0.365 e. The number of amides is 2. The largest absolute Gasteiger partial charge is 0.365 e. The number of anilines is 1. The summed E-state index contributed by atoms with van der Waals surface area (Å²) in [6.45, 7) is 0. The van der Waals surface area contributed by atoms with E-state index in [1.165, 1.54) is 17.4 Å². The van der Waals surface area contributed by atoms with Crippen LogP contribution in [0.3, 0.4) is 0 Å². The molecular formula is C19H18FN5O2S2. The van der Waals surface area contributed by atoms with Gasteiger partial charge in [0, 0.05) is 4.88 Å². The molecule has 2 amide bonds. The molecule has 2 aromatic heterocycles. The Balaban J connectivity index is 1.42. The lowest BCUT2D eigenvalue weighted by Crippen LogP contribution is -2.19. The molecule has 29 heavy (non-hydrogen) atoms. The Labute approximate surface area is 174 Å². The highest BCUT2D eigenvalue weighted by atomic mass is 32.2. The number of aryl methyl sites for hydroxylation is 1. The van der Waals surface area contributed by atoms with Crippen molar-refractivity contribution in [3.8, 4) is 11.4 Å². The van der Waals surface area contributed by atoms with Gasteiger partial charge in [-0.05, 0) is 43.4 Å². The van der Waals surface area contributed by atoms with Crippen LogP contribution in [0.25, 0.3) is 11.4 Å². The number of benzene rings is 1. The number of nitrogens with one attached hydrogen (secondary N) is 2. The van der Waals surface area contributed by atoms with Crippen LogP contribution in [0.5, 0.6) is 0 Å². The highest BCUT2D eigenvalue weighted by Crippen LogP contribution is 2.38. The summed E-state index contributed by atoms with van der Waals surface area (Å²) in [5, 5.41) is 10.3. The number of aromatic amines is 1. The monoisotopic (exact) mass is 431 g/mol. The summed E-state index contributed by atoms with van der Waals surface area (Å²) in [5.74, 6) is -0.856. The predicted octanol–water partition coefficient (Wildman–Crippen LogP) is 3.38. The molecule has 4 N–H and O–H groups in total. The molecule has 1 aliphatic carbocycles. The van der Waals surface area contributed by atoms with Crippen LogP contribution >= 0.6 is 23.1 Å². The van der Waals surface area contributed by atoms with Gasteiger partial charge in [-0.25, -0.2) is 9.37 Å². The Kier molecular flexibility index (Phi) is 5.63. The molecule has 0 spiro atoms. The lowest BCUT2D eigenvalue weighted by Gasteiger charge is -2.11. The van der Waals surface area contributed by atoms with Crippen LogP contribution in [0.15, 0.2) is 29.4 Å². The van der Waals surface area contributed by atoms with Gasteiger partial charge in [0.15, 0.2) is 5.82 Å². The number of thiophene rings is 1. The zero-order valence-electron chi connectivity index (χ0n) is 15.3. The molecule has 7 nitrogen and oxygen atoms in total. The molecule has 0 saturated heterocycles. The Morgan fingerprint density at radius 1 is 1.28 bits per heavy atom. The summed E-state index contributed by atoms with van der Waals surface area (Å²) in [6.07, 6.45) is 3.80. The minimum atomic E-state index is -0.518. The molecule has 0 fully saturated rings. The van der Waals surface area contributed by atoms with Crippen LogP contribution in [0, 0.1) is 5.82 Å². The van der Waals surface area contributed by atoms with Crippen LogP contribution in [-0.4, -0.2) is 32.7 Å². The molecule has 4 rings (SSSR count). The molecule has 0 aliphatic heterocycles. The van der Waals surface area contributed by atoms with Gasteiger partial charge in [-0.3, -0.25) is 14.7 Å². The Morgan fingerprint density at radius 2 is 2.07 bits per heavy atom. The summed E-state index contributed by atoms with van der Waals surface area (Å²) in [5.41, 5.74) is 7.27. The molecule has 0 radical (unpaired) electrons. The number of rotatable bonds is 6. The summed E-state index contributed by atoms with van der Waals surface area (Å²) in [6, 6.07) is 6.24. The zero-order valence-corrected chi connectivity index (χ0v) is 17.0. The molecule has 3 aromatic rings. The van der Waals surface area contributed by atoms with E-state index in [4.69, 9.17) is 5.73 Å². The maximum atomic E-state index is 13.8. The minimum absolute atomic E-state index is 0.0509. The molecule has 0 saturated carbocycles. The van der Waals surface area contributed by atoms with Crippen LogP contribution in [0.2, 0.25) is 0 Å². The number of halogens is 1. The van der Waals surface area contributed by atoms with E-state index >= 15 is 0 Å². The molecule has 1 aromatic carbocycles. The van der Waals surface area contributed by atoms with Crippen molar-refractivity contribution in [1.29, 1.82) is 0 Å². The van der Waals surface area contributed by atoms with E-state index in [2.05, 4.69) is 20.5 Å². The van der Waals surface area contributed by atoms with Crippen molar-refractivity contribution < 1.29 is 14.0 Å². The normalized spacial score (nSPS) is 13.1. The van der Waals surface area contributed by atoms with Crippen LogP contribution < -0.4 is 11.1 Å². The number of carbonyl (C=O) groups excluding carboxylic acids is 2. The van der Waals surface area contributed by atoms with E-state index < -0.39 is 11.7 Å². The second-order valence-electron chi connectivity index (χ2n) is 6.56. The van der Waals surface area contributed by atoms with Gasteiger partial charge in [0.05, 0.1) is 16.9 Å². The van der Waals surface area contributed by atoms with Gasteiger partial charge >= 0.3 is 0 Å². The number of carbonyl (C=O) groups is 2. The first-order valence-electron chi connectivity index (χ1n) is 9.07. The predicted molar refractivity (Wildman–Crippen MR) is 111 cm³/mol. The Hall–Kier alpha value is -2.72. The van der Waals surface area contributed by atoms with E-state index in [1.54, 1.807) is 18.2 Å². The topological polar surface area (TPSA) is 114 Å². The van der Waals surface area contributed by atoms with Gasteiger partial charge in [0.1, 0.15) is 10.8 Å². The molecule has 0 unspecified atom stereocenters. The Morgan fingerprint density at radius 3 is 2.86 bits per heavy atom. The first-order valence-corrected chi connectivity index (χ1v) is 10.9. The van der Waals surface area contributed by atoms with Crippen molar-refractivity contribution in [2.24, 2.45) is 5.73 Å². The quantitative estimate of drug-likeness (QED) is 0.518. The maximum absolute atomic E-state index is 13.8. The van der Waals surface area contributed by atoms with Crippen molar-refractivity contribution in [2.75, 3.05) is 11.1 Å². The number of nitrogens with zero attached hydrogens (tertiary/aromatic N) is 2. The van der Waals surface area contributed by atoms with Gasteiger partial charge in [-0.15, -0.1) is 16.4 Å². The van der Waals surface area contributed by atoms with E-state index in [9.17, 15) is 14.0 Å². The fourth-order valence-corrected chi connectivity index (χ4v) is 5.20. The number of nitrogens with two attached hydrogens (primary N) is 1. The molecule has 0 bridgehead atoms. The number of thioether (sulfide) groups is 1. The van der Waals surface area contributed by atoms with E-state index in [0.717, 1.165) is 47.9 Å². The van der Waals surface area contributed by atoms with Gasteiger partial charge in [-0.2, -0.15) is 0 Å². The average Bonchev–Trinajstić information content (AvgIpc) is 3.30. The third-order valence-corrected chi connectivity index (χ3v) is 6.65. The van der Waals surface area contributed by atoms with Crippen LogP contribution in [-0.2, 0) is 17.6 Å². The fraction of sp³-hybridized carbons (Fsp3) is 0.263. The molecule has 1 aliphatic rings. The molecule has 0 atom stereocenters. The van der Waals surface area contributed by atoms with Gasteiger partial charge in [0.2, 0.25) is 11.1 Å². The second-order valence-corrected chi connectivity index (χ2v) is 8.61. The number of fused-ring (bicyclic) bond motifs is 1. The number of primary amides is 1. The van der Waals surface area contributed by atoms with Crippen LogP contribution in [0.1, 0.15) is 33.6 Å². The fourth-order valence-electron chi connectivity index (χ4n) is 3.29. The summed E-state index contributed by atoms with van der Waals surface area (Å²) < 4.78 is 13.8. The van der Waals surface area contributed by atoms with Crippen molar-refractivity contribution in [2.45, 2.75) is 30.8 Å². The van der Waals surface area contributed by atoms with Crippen molar-refractivity contribution in [3.05, 3.63) is 46.1 Å². The maximum Gasteiger partial charge on any atom is 0.251 e. The number of H-pyrrole nitrogens is 1. The van der Waals surface area contributed by atoms with Crippen LogP contribution in [0.4, 0.5) is 9.39 Å². The van der Waals surface area contributed by atoms with E-state index in [1.807, 2.05) is 0 Å². The molecule has 150 valence electrons. The number of hydrogen-bond donors (Lipinski definition) is 3. The lowest BCUT2D eigenvalue weighted by atomic mass is 9.95. The third kappa shape index (κ3) is 4.18. The van der Waals surface area contributed by atoms with Gasteiger partial charge in [-0.1, -0.05) is 23.9 Å². The summed E-state index contributed by atoms with van der Waals surface area (Å²) in [7, 11) is 0. The summed E-state index contributed by atoms with van der Waals surface area (Å²) in [4.78, 5) is 29.6. The van der Waals surface area contributed by atoms with Crippen molar-refractivity contribution >= 4 is 39.9 Å². The highest BCUT2D eigenvalue weighted by Gasteiger charge is 2.25. The SMILES string of the molecule is NC(=O)c1c(NC(=O)CSc2n[nH]c(-c3ccccc3F)n2)sc2c1CCCC2. The van der Waals surface area contributed by atoms with E-state index in [-0.39, 0.29) is 11.7 Å². The first-order chi connectivity index (χ1) is 14.0. The smallest absolute Gasteiger partial charge is 0.251 e. The molecule has 10 heteroatoms. The van der Waals surface area contributed by atoms with Gasteiger partial charge < -0.3 is 11.1 Å². The standard InChI is InChI=1S/C19H18FN5O2S2/c20-12-7-3-1-5-10(12)17-23-19(25-24-17)28-9-14(26)22-18-15(16(21)27)11-6-2-4-8-13(11)29-18/h1,3,5,7H,2,4,6,8-9H2,(H2,21,27)(H,22,26)(H,23,24,25). The Bertz CT molecular complexity index is 1080. The number of aromatic nitrogens is 3. The van der Waals surface area contributed by atoms with Crippen molar-refractivity contribution in [3.63, 3.8) is 0 Å². The average molecular weight is 432 g/mol. The highest BCUT2D eigenvalue weighted by molar-refractivity contribution is 7.99. The second kappa shape index (κ2) is 8.34. The molecular weight excluding hydrogens is 413 g/mol. The number of hydrogen-bond acceptors (Lipinski definition) is 6. The zero-order chi connectivity index (χ0) is 20.4. The van der Waals surface area contributed by atoms with Gasteiger partial charge in [0.25, 0.3) is 5.91 Å².